The van der Waals surface area contributed by atoms with Crippen LogP contribution in [0.4, 0.5) is 0 Å². The maximum Gasteiger partial charge on any atom is 0.136 e. The first-order valence-corrected chi connectivity index (χ1v) is 6.19. The summed E-state index contributed by atoms with van der Waals surface area (Å²) in [6, 6.07) is 8.37. The molecule has 5 N–H and O–H groups in total. The van der Waals surface area contributed by atoms with E-state index in [0.29, 0.717) is 0 Å². The molecule has 2 rings (SSSR count). The first-order chi connectivity index (χ1) is 9.06. The highest BCUT2D eigenvalue weighted by atomic mass is 16.4. The van der Waals surface area contributed by atoms with E-state index in [1.807, 2.05) is 30.3 Å². The molecule has 0 amide bonds. The summed E-state index contributed by atoms with van der Waals surface area (Å²) >= 11 is 0. The maximum absolute atomic E-state index is 9.98. The first kappa shape index (κ1) is 14.4. The van der Waals surface area contributed by atoms with Gasteiger partial charge in [-0.25, -0.2) is 0 Å². The molecule has 5 atom stereocenters. The van der Waals surface area contributed by atoms with Gasteiger partial charge in [0.1, 0.15) is 24.5 Å². The minimum absolute atomic E-state index is 0.258. The zero-order chi connectivity index (χ0) is 14.0. The Kier molecular flexibility index (Phi) is 4.51. The van der Waals surface area contributed by atoms with Crippen LogP contribution in [0.25, 0.3) is 0 Å². The van der Waals surface area contributed by atoms with E-state index in [0.717, 1.165) is 5.56 Å². The van der Waals surface area contributed by atoms with Crippen molar-refractivity contribution in [2.75, 3.05) is 6.61 Å². The van der Waals surface area contributed by atoms with Gasteiger partial charge in [-0.05, 0) is 5.56 Å². The molecule has 19 heavy (non-hydrogen) atoms. The lowest BCUT2D eigenvalue weighted by molar-refractivity contribution is -0.225. The molecular weight excluding hydrogens is 250 g/mol. The van der Waals surface area contributed by atoms with Crippen LogP contribution in [-0.2, 0) is 6.54 Å². The minimum Gasteiger partial charge on any atom is -0.395 e. The number of hydrogen-bond donors (Lipinski definition) is 5. The van der Waals surface area contributed by atoms with Crippen molar-refractivity contribution in [2.24, 2.45) is 0 Å². The molecule has 6 heteroatoms. The van der Waals surface area contributed by atoms with Crippen molar-refractivity contribution < 1.29 is 25.5 Å². The van der Waals surface area contributed by atoms with Crippen LogP contribution in [0.15, 0.2) is 30.3 Å². The summed E-state index contributed by atoms with van der Waals surface area (Å²) in [5.74, 6) is 0. The van der Waals surface area contributed by atoms with Crippen LogP contribution in [0.3, 0.4) is 0 Å². The zero-order valence-electron chi connectivity index (χ0n) is 10.4. The highest BCUT2D eigenvalue weighted by molar-refractivity contribution is 5.15. The third kappa shape index (κ3) is 2.79. The number of benzene rings is 1. The van der Waals surface area contributed by atoms with Crippen LogP contribution in [0.1, 0.15) is 5.56 Å². The van der Waals surface area contributed by atoms with Gasteiger partial charge >= 0.3 is 0 Å². The number of hydrogen-bond acceptors (Lipinski definition) is 6. The van der Waals surface area contributed by atoms with Gasteiger partial charge in [0.2, 0.25) is 0 Å². The molecule has 0 aliphatic carbocycles. The normalized spacial score (nSPS) is 36.4. The van der Waals surface area contributed by atoms with Gasteiger partial charge in [-0.2, -0.15) is 0 Å². The molecule has 1 aromatic rings. The Hall–Kier alpha value is -1.02. The second kappa shape index (κ2) is 5.96. The summed E-state index contributed by atoms with van der Waals surface area (Å²) in [4.78, 5) is 1.39. The van der Waals surface area contributed by atoms with Gasteiger partial charge in [0, 0.05) is 6.54 Å². The third-order valence-electron chi connectivity index (χ3n) is 3.56. The number of likely N-dealkylation sites (tertiary alicyclic amines) is 1. The largest absolute Gasteiger partial charge is 0.395 e. The lowest BCUT2D eigenvalue weighted by Crippen LogP contribution is -2.66. The number of piperidine rings is 1. The first-order valence-electron chi connectivity index (χ1n) is 6.19. The van der Waals surface area contributed by atoms with E-state index in [-0.39, 0.29) is 6.54 Å². The molecule has 1 heterocycles. The quantitative estimate of drug-likeness (QED) is 0.446. The van der Waals surface area contributed by atoms with Gasteiger partial charge in [-0.3, -0.25) is 4.90 Å². The Morgan fingerprint density at radius 2 is 1.53 bits per heavy atom. The molecule has 1 saturated heterocycles. The van der Waals surface area contributed by atoms with Crippen LogP contribution in [0.5, 0.6) is 0 Å². The highest BCUT2D eigenvalue weighted by Crippen LogP contribution is 2.25. The molecule has 6 nitrogen and oxygen atoms in total. The Morgan fingerprint density at radius 1 is 0.895 bits per heavy atom. The molecule has 0 aromatic heterocycles. The second-order valence-electron chi connectivity index (χ2n) is 4.79. The van der Waals surface area contributed by atoms with E-state index < -0.39 is 37.2 Å². The fraction of sp³-hybridized carbons (Fsp3) is 0.538. The van der Waals surface area contributed by atoms with Crippen molar-refractivity contribution in [1.82, 2.24) is 4.90 Å². The van der Waals surface area contributed by atoms with Gasteiger partial charge in [-0.15, -0.1) is 0 Å². The van der Waals surface area contributed by atoms with Gasteiger partial charge in [0.25, 0.3) is 0 Å². The summed E-state index contributed by atoms with van der Waals surface area (Å²) in [5, 5.41) is 48.5. The van der Waals surface area contributed by atoms with E-state index in [4.69, 9.17) is 0 Å². The van der Waals surface area contributed by atoms with Crippen LogP contribution >= 0.6 is 0 Å². The fourth-order valence-electron chi connectivity index (χ4n) is 2.41. The van der Waals surface area contributed by atoms with Crippen molar-refractivity contribution in [3.63, 3.8) is 0 Å². The Morgan fingerprint density at radius 3 is 2.11 bits per heavy atom. The molecule has 1 aliphatic heterocycles. The van der Waals surface area contributed by atoms with Gasteiger partial charge in [-0.1, -0.05) is 30.3 Å². The van der Waals surface area contributed by atoms with Crippen molar-refractivity contribution in [1.29, 1.82) is 0 Å². The molecule has 0 saturated carbocycles. The second-order valence-corrected chi connectivity index (χ2v) is 4.79. The van der Waals surface area contributed by atoms with Crippen LogP contribution in [-0.4, -0.2) is 67.6 Å². The maximum atomic E-state index is 9.98. The average Bonchev–Trinajstić information content (AvgIpc) is 2.44. The van der Waals surface area contributed by atoms with Gasteiger partial charge in [0.15, 0.2) is 0 Å². The lowest BCUT2D eigenvalue weighted by atomic mass is 9.92. The number of rotatable bonds is 3. The van der Waals surface area contributed by atoms with E-state index >= 15 is 0 Å². The highest BCUT2D eigenvalue weighted by Gasteiger charge is 2.46. The predicted molar refractivity (Wildman–Crippen MR) is 66.9 cm³/mol. The van der Waals surface area contributed by atoms with E-state index in [1.54, 1.807) is 0 Å². The van der Waals surface area contributed by atoms with Crippen molar-refractivity contribution in [3.05, 3.63) is 35.9 Å². The molecule has 1 fully saturated rings. The van der Waals surface area contributed by atoms with Crippen molar-refractivity contribution in [3.8, 4) is 0 Å². The Balaban J connectivity index is 2.20. The monoisotopic (exact) mass is 269 g/mol. The van der Waals surface area contributed by atoms with Gasteiger partial charge < -0.3 is 25.5 Å². The van der Waals surface area contributed by atoms with E-state index in [2.05, 4.69) is 0 Å². The lowest BCUT2D eigenvalue weighted by Gasteiger charge is -2.46. The van der Waals surface area contributed by atoms with E-state index in [1.165, 1.54) is 4.90 Å². The van der Waals surface area contributed by atoms with Gasteiger partial charge in [0.05, 0.1) is 12.6 Å². The van der Waals surface area contributed by atoms with Crippen LogP contribution in [0.2, 0.25) is 0 Å². The standard InChI is InChI=1S/C13H19NO5/c15-7-9-10(16)11(17)12(18)13(19)14(9)6-8-4-2-1-3-5-8/h1-5,9-13,15-19H,6-7H2/t9-,10-,11+,12-,13?/m1/s1. The summed E-state index contributed by atoms with van der Waals surface area (Å²) in [5.41, 5.74) is 0.871. The van der Waals surface area contributed by atoms with Crippen LogP contribution < -0.4 is 0 Å². The molecule has 1 aliphatic rings. The number of aliphatic hydroxyl groups is 5. The number of aliphatic hydroxyl groups excluding tert-OH is 5. The molecule has 0 radical (unpaired) electrons. The Bertz CT molecular complexity index is 401. The smallest absolute Gasteiger partial charge is 0.136 e. The summed E-state index contributed by atoms with van der Waals surface area (Å²) in [6.07, 6.45) is -5.59. The molecule has 1 aromatic carbocycles. The summed E-state index contributed by atoms with van der Waals surface area (Å²) < 4.78 is 0. The molecule has 0 bridgehead atoms. The average molecular weight is 269 g/mol. The SMILES string of the molecule is OC[C@@H]1[C@@H](O)[C@H](O)[C@@H](O)C(O)N1Cc1ccccc1. The third-order valence-corrected chi connectivity index (χ3v) is 3.56. The van der Waals surface area contributed by atoms with Crippen LogP contribution in [0, 0.1) is 0 Å². The summed E-state index contributed by atoms with van der Waals surface area (Å²) in [6.45, 7) is -0.164. The zero-order valence-corrected chi connectivity index (χ0v) is 10.4. The van der Waals surface area contributed by atoms with Crippen molar-refractivity contribution >= 4 is 0 Å². The molecule has 106 valence electrons. The fourth-order valence-corrected chi connectivity index (χ4v) is 2.41. The van der Waals surface area contributed by atoms with Crippen molar-refractivity contribution in [2.45, 2.75) is 37.1 Å². The Labute approximate surface area is 111 Å². The van der Waals surface area contributed by atoms with E-state index in [9.17, 15) is 25.5 Å². The molecule has 0 spiro atoms. The summed E-state index contributed by atoms with van der Waals surface area (Å²) in [7, 11) is 0. The number of nitrogens with zero attached hydrogens (tertiary/aromatic N) is 1. The predicted octanol–water partition coefficient (Wildman–Crippen LogP) is -1.74. The topological polar surface area (TPSA) is 104 Å². The minimum atomic E-state index is -1.47. The molecular formula is C13H19NO5. The molecule has 1 unspecified atom stereocenters.